The van der Waals surface area contributed by atoms with E-state index < -0.39 is 11.2 Å². The highest BCUT2D eigenvalue weighted by Crippen LogP contribution is 2.23. The van der Waals surface area contributed by atoms with E-state index in [-0.39, 0.29) is 0 Å². The second-order valence-corrected chi connectivity index (χ2v) is 5.87. The van der Waals surface area contributed by atoms with Crippen LogP contribution in [0.5, 0.6) is 5.75 Å². The molecule has 2 rings (SSSR count). The molecule has 0 aromatic heterocycles. The van der Waals surface area contributed by atoms with E-state index in [4.69, 9.17) is 4.74 Å². The van der Waals surface area contributed by atoms with Crippen molar-refractivity contribution in [3.63, 3.8) is 0 Å². The van der Waals surface area contributed by atoms with E-state index in [1.807, 2.05) is 54.6 Å². The summed E-state index contributed by atoms with van der Waals surface area (Å²) in [7, 11) is 1.63. The maximum Gasteiger partial charge on any atom is 0.316 e. The second-order valence-electron chi connectivity index (χ2n) is 4.68. The van der Waals surface area contributed by atoms with Crippen LogP contribution in [0.25, 0.3) is 0 Å². The maximum atomic E-state index is 11.4. The summed E-state index contributed by atoms with van der Waals surface area (Å²) < 4.78 is 5.18. The Bertz CT molecular complexity index is 584. The average Bonchev–Trinajstić information content (AvgIpc) is 2.52. The molecule has 0 radical (unpaired) electrons. The minimum atomic E-state index is -0.772. The van der Waals surface area contributed by atoms with Gasteiger partial charge in [0.1, 0.15) is 11.0 Å². The molecule has 1 atom stereocenters. The standard InChI is InChI=1S/C17H18O3S/c1-20-15-9-5-8-14(10-15)12-21-16(17(18)19)11-13-6-3-2-4-7-13/h2-10,16H,11-12H2,1H3,(H,18,19). The summed E-state index contributed by atoms with van der Waals surface area (Å²) in [4.78, 5) is 11.4. The molecule has 21 heavy (non-hydrogen) atoms. The van der Waals surface area contributed by atoms with Crippen LogP contribution in [0, 0.1) is 0 Å². The zero-order chi connectivity index (χ0) is 15.1. The monoisotopic (exact) mass is 302 g/mol. The lowest BCUT2D eigenvalue weighted by Gasteiger charge is -2.12. The Morgan fingerprint density at radius 3 is 2.52 bits per heavy atom. The van der Waals surface area contributed by atoms with Crippen molar-refractivity contribution in [3.05, 3.63) is 65.7 Å². The van der Waals surface area contributed by atoms with Gasteiger partial charge in [-0.1, -0.05) is 42.5 Å². The Hall–Kier alpha value is -1.94. The predicted octanol–water partition coefficient (Wildman–Crippen LogP) is 3.62. The molecule has 0 aliphatic carbocycles. The Labute approximate surface area is 129 Å². The summed E-state index contributed by atoms with van der Waals surface area (Å²) in [5.74, 6) is 0.677. The van der Waals surface area contributed by atoms with Gasteiger partial charge in [0.05, 0.1) is 7.11 Å². The van der Waals surface area contributed by atoms with Gasteiger partial charge in [-0.05, 0) is 29.7 Å². The number of ether oxygens (including phenoxy) is 1. The van der Waals surface area contributed by atoms with Crippen molar-refractivity contribution in [3.8, 4) is 5.75 Å². The van der Waals surface area contributed by atoms with Gasteiger partial charge in [0.2, 0.25) is 0 Å². The van der Waals surface area contributed by atoms with Crippen LogP contribution < -0.4 is 4.74 Å². The highest BCUT2D eigenvalue weighted by Gasteiger charge is 2.18. The summed E-state index contributed by atoms with van der Waals surface area (Å²) in [6, 6.07) is 17.4. The fourth-order valence-electron chi connectivity index (χ4n) is 2.00. The third kappa shape index (κ3) is 4.83. The fraction of sp³-hybridized carbons (Fsp3) is 0.235. The molecule has 0 saturated carbocycles. The third-order valence-corrected chi connectivity index (χ3v) is 4.40. The fourth-order valence-corrected chi connectivity index (χ4v) is 3.03. The first kappa shape index (κ1) is 15.4. The minimum Gasteiger partial charge on any atom is -0.497 e. The molecule has 0 spiro atoms. The van der Waals surface area contributed by atoms with Gasteiger partial charge in [-0.25, -0.2) is 0 Å². The topological polar surface area (TPSA) is 46.5 Å². The Morgan fingerprint density at radius 1 is 1.14 bits per heavy atom. The normalized spacial score (nSPS) is 11.9. The van der Waals surface area contributed by atoms with E-state index in [0.29, 0.717) is 12.2 Å². The summed E-state index contributed by atoms with van der Waals surface area (Å²) in [6.07, 6.45) is 0.533. The summed E-state index contributed by atoms with van der Waals surface area (Å²) in [6.45, 7) is 0. The minimum absolute atomic E-state index is 0.446. The highest BCUT2D eigenvalue weighted by atomic mass is 32.2. The summed E-state index contributed by atoms with van der Waals surface area (Å²) in [5, 5.41) is 8.92. The number of benzene rings is 2. The highest BCUT2D eigenvalue weighted by molar-refractivity contribution is 7.99. The first-order valence-corrected chi connectivity index (χ1v) is 7.75. The molecular formula is C17H18O3S. The molecule has 1 N–H and O–H groups in total. The molecule has 3 nitrogen and oxygen atoms in total. The van der Waals surface area contributed by atoms with Crippen LogP contribution in [-0.2, 0) is 17.0 Å². The molecule has 1 unspecified atom stereocenters. The lowest BCUT2D eigenvalue weighted by atomic mass is 10.1. The number of carbonyl (C=O) groups is 1. The Balaban J connectivity index is 1.98. The van der Waals surface area contributed by atoms with Crippen molar-refractivity contribution in [2.75, 3.05) is 7.11 Å². The molecule has 110 valence electrons. The molecule has 2 aromatic carbocycles. The van der Waals surface area contributed by atoms with Crippen LogP contribution >= 0.6 is 11.8 Å². The molecule has 0 fully saturated rings. The zero-order valence-electron chi connectivity index (χ0n) is 11.9. The number of thioether (sulfide) groups is 1. The van der Waals surface area contributed by atoms with Crippen LogP contribution in [-0.4, -0.2) is 23.4 Å². The van der Waals surface area contributed by atoms with Crippen molar-refractivity contribution < 1.29 is 14.6 Å². The van der Waals surface area contributed by atoms with E-state index in [9.17, 15) is 9.90 Å². The van der Waals surface area contributed by atoms with Crippen molar-refractivity contribution in [2.45, 2.75) is 17.4 Å². The molecule has 4 heteroatoms. The van der Waals surface area contributed by atoms with Gasteiger partial charge in [-0.3, -0.25) is 4.79 Å². The molecule has 0 saturated heterocycles. The second kappa shape index (κ2) is 7.74. The molecule has 2 aromatic rings. The molecule has 0 aliphatic heterocycles. The van der Waals surface area contributed by atoms with Crippen LogP contribution in [0.15, 0.2) is 54.6 Å². The van der Waals surface area contributed by atoms with E-state index in [1.165, 1.54) is 11.8 Å². The van der Waals surface area contributed by atoms with Crippen LogP contribution in [0.4, 0.5) is 0 Å². The molecule has 0 heterocycles. The van der Waals surface area contributed by atoms with Gasteiger partial charge >= 0.3 is 5.97 Å². The number of carboxylic acid groups (broad SMARTS) is 1. The third-order valence-electron chi connectivity index (χ3n) is 3.12. The van der Waals surface area contributed by atoms with Crippen LogP contribution in [0.1, 0.15) is 11.1 Å². The van der Waals surface area contributed by atoms with E-state index in [0.717, 1.165) is 16.9 Å². The van der Waals surface area contributed by atoms with Crippen LogP contribution in [0.2, 0.25) is 0 Å². The summed E-state index contributed by atoms with van der Waals surface area (Å²) >= 11 is 1.44. The molecule has 0 bridgehead atoms. The average molecular weight is 302 g/mol. The van der Waals surface area contributed by atoms with E-state index in [2.05, 4.69) is 0 Å². The van der Waals surface area contributed by atoms with Crippen molar-refractivity contribution in [2.24, 2.45) is 0 Å². The van der Waals surface area contributed by atoms with Gasteiger partial charge in [0.25, 0.3) is 0 Å². The number of methoxy groups -OCH3 is 1. The number of hydrogen-bond acceptors (Lipinski definition) is 3. The van der Waals surface area contributed by atoms with Gasteiger partial charge in [-0.15, -0.1) is 11.8 Å². The van der Waals surface area contributed by atoms with Gasteiger partial charge in [0, 0.05) is 5.75 Å². The quantitative estimate of drug-likeness (QED) is 0.848. The summed E-state index contributed by atoms with van der Waals surface area (Å²) in [5.41, 5.74) is 2.11. The number of rotatable bonds is 7. The lowest BCUT2D eigenvalue weighted by Crippen LogP contribution is -2.19. The molecular weight excluding hydrogens is 284 g/mol. The van der Waals surface area contributed by atoms with Crippen molar-refractivity contribution >= 4 is 17.7 Å². The maximum absolute atomic E-state index is 11.4. The first-order chi connectivity index (χ1) is 10.2. The number of carboxylic acids is 1. The molecule has 0 aliphatic rings. The lowest BCUT2D eigenvalue weighted by molar-refractivity contribution is -0.136. The predicted molar refractivity (Wildman–Crippen MR) is 85.9 cm³/mol. The first-order valence-electron chi connectivity index (χ1n) is 6.70. The Morgan fingerprint density at radius 2 is 1.86 bits per heavy atom. The SMILES string of the molecule is COc1cccc(CSC(Cc2ccccc2)C(=O)O)c1. The van der Waals surface area contributed by atoms with Crippen molar-refractivity contribution in [1.29, 1.82) is 0 Å². The number of hydrogen-bond donors (Lipinski definition) is 1. The van der Waals surface area contributed by atoms with Crippen LogP contribution in [0.3, 0.4) is 0 Å². The van der Waals surface area contributed by atoms with E-state index in [1.54, 1.807) is 7.11 Å². The van der Waals surface area contributed by atoms with Gasteiger partial charge in [-0.2, -0.15) is 0 Å². The number of aliphatic carboxylic acids is 1. The van der Waals surface area contributed by atoms with E-state index >= 15 is 0 Å². The smallest absolute Gasteiger partial charge is 0.316 e. The Kier molecular flexibility index (Phi) is 5.69. The zero-order valence-corrected chi connectivity index (χ0v) is 12.7. The van der Waals surface area contributed by atoms with Crippen molar-refractivity contribution in [1.82, 2.24) is 0 Å². The van der Waals surface area contributed by atoms with Gasteiger partial charge < -0.3 is 9.84 Å². The molecule has 0 amide bonds. The van der Waals surface area contributed by atoms with Gasteiger partial charge in [0.15, 0.2) is 0 Å². The largest absolute Gasteiger partial charge is 0.497 e.